The zero-order valence-electron chi connectivity index (χ0n) is 14.8. The second kappa shape index (κ2) is 8.26. The molecule has 0 bridgehead atoms. The van der Waals surface area contributed by atoms with Crippen LogP contribution in [0.15, 0.2) is 61.2 Å². The van der Waals surface area contributed by atoms with E-state index >= 15 is 0 Å². The van der Waals surface area contributed by atoms with Crippen molar-refractivity contribution in [2.45, 2.75) is 6.54 Å². The Morgan fingerprint density at radius 1 is 1.25 bits per heavy atom. The van der Waals surface area contributed by atoms with Gasteiger partial charge in [0.2, 0.25) is 11.6 Å². The SMILES string of the molecule is Nc1cc(F)c(NC(=O)Cn2ccnc2)cc1C(=[NH2+])/C=C/c1ccc(F)cc1. The summed E-state index contributed by atoms with van der Waals surface area (Å²) in [6.07, 6.45) is 7.90. The number of nitrogen functional groups attached to an aromatic ring is 1. The van der Waals surface area contributed by atoms with Crippen molar-refractivity contribution in [2.24, 2.45) is 0 Å². The number of hydrogen-bond acceptors (Lipinski definition) is 3. The third-order valence-electron chi connectivity index (χ3n) is 3.94. The van der Waals surface area contributed by atoms with E-state index in [1.54, 1.807) is 35.0 Å². The molecule has 0 unspecified atom stereocenters. The van der Waals surface area contributed by atoms with Crippen LogP contribution in [-0.2, 0) is 11.3 Å². The number of nitrogens with one attached hydrogen (secondary N) is 1. The van der Waals surface area contributed by atoms with Crippen molar-refractivity contribution in [3.63, 3.8) is 0 Å². The van der Waals surface area contributed by atoms with E-state index in [4.69, 9.17) is 11.1 Å². The van der Waals surface area contributed by atoms with Gasteiger partial charge in [-0.05, 0) is 35.9 Å². The molecule has 0 fully saturated rings. The minimum Gasteiger partial charge on any atom is -0.398 e. The van der Waals surface area contributed by atoms with Crippen LogP contribution in [0.5, 0.6) is 0 Å². The number of carbonyl (C=O) groups excluding carboxylic acids is 1. The summed E-state index contributed by atoms with van der Waals surface area (Å²) in [7, 11) is 0. The van der Waals surface area contributed by atoms with E-state index in [2.05, 4.69) is 10.3 Å². The highest BCUT2D eigenvalue weighted by molar-refractivity contribution is 6.10. The Bertz CT molecular complexity index is 1030. The van der Waals surface area contributed by atoms with Crippen molar-refractivity contribution in [1.82, 2.24) is 9.55 Å². The van der Waals surface area contributed by atoms with Gasteiger partial charge in [-0.25, -0.2) is 13.8 Å². The molecule has 3 rings (SSSR count). The second-order valence-electron chi connectivity index (χ2n) is 6.04. The molecule has 3 aromatic rings. The molecule has 142 valence electrons. The van der Waals surface area contributed by atoms with E-state index in [0.29, 0.717) is 5.56 Å². The van der Waals surface area contributed by atoms with Gasteiger partial charge in [-0.1, -0.05) is 12.1 Å². The Balaban J connectivity index is 1.77. The number of rotatable bonds is 6. The smallest absolute Gasteiger partial charge is 0.244 e. The molecule has 1 heterocycles. The van der Waals surface area contributed by atoms with Gasteiger partial charge < -0.3 is 15.6 Å². The normalized spacial score (nSPS) is 10.9. The summed E-state index contributed by atoms with van der Waals surface area (Å²) in [6, 6.07) is 8.32. The number of hydrogen-bond donors (Lipinski definition) is 3. The topological polar surface area (TPSA) is 98.5 Å². The first-order valence-electron chi connectivity index (χ1n) is 8.33. The molecular weight excluding hydrogens is 364 g/mol. The van der Waals surface area contributed by atoms with Gasteiger partial charge in [-0.2, -0.15) is 0 Å². The number of nitrogens with zero attached hydrogens (tertiary/aromatic N) is 2. The van der Waals surface area contributed by atoms with Crippen LogP contribution in [-0.4, -0.2) is 21.2 Å². The standard InChI is InChI=1S/C20H17F2N5O/c21-14-4-1-13(2-5-14)3-6-17(23)15-9-19(16(22)10-18(15)24)26-20(28)11-27-8-7-25-12-27/h1-10,12,23H,11,24H2,(H,26,28)/p+1/b6-3+,23-17?. The molecule has 0 aliphatic carbocycles. The van der Waals surface area contributed by atoms with E-state index < -0.39 is 11.7 Å². The van der Waals surface area contributed by atoms with Crippen molar-refractivity contribution in [1.29, 1.82) is 0 Å². The molecule has 0 radical (unpaired) electrons. The number of nitrogens with two attached hydrogens (primary N) is 2. The van der Waals surface area contributed by atoms with Crippen LogP contribution in [0.1, 0.15) is 11.1 Å². The largest absolute Gasteiger partial charge is 0.398 e. The molecule has 0 aliphatic heterocycles. The average molecular weight is 382 g/mol. The summed E-state index contributed by atoms with van der Waals surface area (Å²) in [5.41, 5.74) is 7.35. The summed E-state index contributed by atoms with van der Waals surface area (Å²) >= 11 is 0. The van der Waals surface area contributed by atoms with Crippen molar-refractivity contribution in [3.8, 4) is 0 Å². The van der Waals surface area contributed by atoms with Crippen LogP contribution in [0.2, 0.25) is 0 Å². The Hall–Kier alpha value is -3.81. The lowest BCUT2D eigenvalue weighted by Crippen LogP contribution is -2.39. The Kier molecular flexibility index (Phi) is 5.59. The molecule has 0 spiro atoms. The number of imidazole rings is 1. The van der Waals surface area contributed by atoms with Crippen LogP contribution < -0.4 is 16.5 Å². The van der Waals surface area contributed by atoms with Crippen LogP contribution >= 0.6 is 0 Å². The first kappa shape index (κ1) is 19.0. The number of halogens is 2. The zero-order chi connectivity index (χ0) is 20.1. The molecule has 8 heteroatoms. The highest BCUT2D eigenvalue weighted by atomic mass is 19.1. The van der Waals surface area contributed by atoms with E-state index in [1.807, 2.05) is 0 Å². The fourth-order valence-corrected chi connectivity index (χ4v) is 2.52. The first-order valence-corrected chi connectivity index (χ1v) is 8.33. The summed E-state index contributed by atoms with van der Waals surface area (Å²) in [6.45, 7) is -0.0111. The lowest BCUT2D eigenvalue weighted by molar-refractivity contribution is -0.116. The Morgan fingerprint density at radius 3 is 2.68 bits per heavy atom. The van der Waals surface area contributed by atoms with Gasteiger partial charge in [0.15, 0.2) is 0 Å². The average Bonchev–Trinajstić information content (AvgIpc) is 3.16. The van der Waals surface area contributed by atoms with Crippen LogP contribution in [0.3, 0.4) is 0 Å². The van der Waals surface area contributed by atoms with Gasteiger partial charge in [-0.15, -0.1) is 0 Å². The molecule has 0 atom stereocenters. The van der Waals surface area contributed by atoms with Crippen LogP contribution in [0, 0.1) is 11.6 Å². The number of amides is 1. The van der Waals surface area contributed by atoms with Crippen LogP contribution in [0.25, 0.3) is 6.08 Å². The predicted molar refractivity (Wildman–Crippen MR) is 103 cm³/mol. The lowest BCUT2D eigenvalue weighted by Gasteiger charge is -2.10. The van der Waals surface area contributed by atoms with Gasteiger partial charge >= 0.3 is 0 Å². The molecule has 0 aliphatic rings. The van der Waals surface area contributed by atoms with E-state index in [-0.39, 0.29) is 29.4 Å². The Morgan fingerprint density at radius 2 is 2.00 bits per heavy atom. The number of benzene rings is 2. The molecule has 0 saturated carbocycles. The monoisotopic (exact) mass is 382 g/mol. The molecule has 1 aromatic heterocycles. The van der Waals surface area contributed by atoms with Crippen molar-refractivity contribution >= 4 is 29.1 Å². The first-order chi connectivity index (χ1) is 13.4. The summed E-state index contributed by atoms with van der Waals surface area (Å²) < 4.78 is 28.7. The number of allylic oxidation sites excluding steroid dienone is 1. The van der Waals surface area contributed by atoms with Crippen molar-refractivity contribution in [2.75, 3.05) is 11.1 Å². The number of carbonyl (C=O) groups is 1. The molecule has 2 aromatic carbocycles. The fourth-order valence-electron chi connectivity index (χ4n) is 2.52. The second-order valence-corrected chi connectivity index (χ2v) is 6.04. The predicted octanol–water partition coefficient (Wildman–Crippen LogP) is 1.64. The van der Waals surface area contributed by atoms with Gasteiger partial charge in [0, 0.05) is 24.2 Å². The summed E-state index contributed by atoms with van der Waals surface area (Å²) in [5.74, 6) is -1.43. The van der Waals surface area contributed by atoms with Gasteiger partial charge in [0.1, 0.15) is 18.2 Å². The van der Waals surface area contributed by atoms with E-state index in [9.17, 15) is 13.6 Å². The summed E-state index contributed by atoms with van der Waals surface area (Å²) in [5, 5.41) is 8.56. The lowest BCUT2D eigenvalue weighted by atomic mass is 10.0. The highest BCUT2D eigenvalue weighted by Crippen LogP contribution is 2.23. The van der Waals surface area contributed by atoms with E-state index in [0.717, 1.165) is 11.6 Å². The minimum absolute atomic E-state index is 0.0111. The van der Waals surface area contributed by atoms with Crippen molar-refractivity contribution in [3.05, 3.63) is 84.0 Å². The molecule has 0 saturated heterocycles. The van der Waals surface area contributed by atoms with Crippen molar-refractivity contribution < 1.29 is 19.0 Å². The third-order valence-corrected chi connectivity index (χ3v) is 3.94. The fraction of sp³-hybridized carbons (Fsp3) is 0.0500. The van der Waals surface area contributed by atoms with Gasteiger partial charge in [0.05, 0.1) is 17.6 Å². The quantitative estimate of drug-likeness (QED) is 0.446. The maximum absolute atomic E-state index is 14.2. The van der Waals surface area contributed by atoms with E-state index in [1.165, 1.54) is 30.7 Å². The molecule has 28 heavy (non-hydrogen) atoms. The Labute approximate surface area is 159 Å². The summed E-state index contributed by atoms with van der Waals surface area (Å²) in [4.78, 5) is 15.9. The molecule has 5 N–H and O–H groups in total. The maximum Gasteiger partial charge on any atom is 0.244 e. The molecule has 6 nitrogen and oxygen atoms in total. The van der Waals surface area contributed by atoms with Gasteiger partial charge in [-0.3, -0.25) is 10.2 Å². The third kappa shape index (κ3) is 4.67. The van der Waals surface area contributed by atoms with Crippen LogP contribution in [0.4, 0.5) is 20.2 Å². The molecule has 1 amide bonds. The number of anilines is 2. The minimum atomic E-state index is -0.671. The van der Waals surface area contributed by atoms with Gasteiger partial charge in [0.25, 0.3) is 0 Å². The number of aromatic nitrogens is 2. The highest BCUT2D eigenvalue weighted by Gasteiger charge is 2.15. The molecular formula is C20H18F2N5O+. The maximum atomic E-state index is 14.2. The zero-order valence-corrected chi connectivity index (χ0v) is 14.8.